The summed E-state index contributed by atoms with van der Waals surface area (Å²) in [4.78, 5) is 22.5. The van der Waals surface area contributed by atoms with Gasteiger partial charge < -0.3 is 4.90 Å². The van der Waals surface area contributed by atoms with Gasteiger partial charge in [-0.05, 0) is 49.1 Å². The Kier molecular flexibility index (Phi) is 4.60. The third-order valence-electron chi connectivity index (χ3n) is 5.13. The molecule has 0 saturated carbocycles. The first kappa shape index (κ1) is 18.9. The molecule has 4 heterocycles. The first-order chi connectivity index (χ1) is 13.3. The van der Waals surface area contributed by atoms with Crippen LogP contribution in [0, 0.1) is 13.8 Å². The summed E-state index contributed by atoms with van der Waals surface area (Å²) in [5, 5.41) is 7.58. The lowest BCUT2D eigenvalue weighted by Gasteiger charge is -2.25. The minimum absolute atomic E-state index is 0.0549. The van der Waals surface area contributed by atoms with Crippen molar-refractivity contribution in [2.24, 2.45) is 0 Å². The average molecular weight is 409 g/mol. The van der Waals surface area contributed by atoms with E-state index in [0.717, 1.165) is 22.9 Å². The van der Waals surface area contributed by atoms with E-state index in [1.54, 1.807) is 25.2 Å². The van der Waals surface area contributed by atoms with Crippen LogP contribution in [0.4, 0.5) is 13.2 Å². The Labute approximate surface area is 163 Å². The molecule has 0 N–H and O–H groups in total. The van der Waals surface area contributed by atoms with Crippen molar-refractivity contribution in [2.75, 3.05) is 6.54 Å². The first-order valence-electron chi connectivity index (χ1n) is 8.87. The van der Waals surface area contributed by atoms with Gasteiger partial charge in [0.1, 0.15) is 0 Å². The molecule has 148 valence electrons. The Hall–Kier alpha value is -2.49. The number of likely N-dealkylation sites (tertiary alicyclic amines) is 1. The quantitative estimate of drug-likeness (QED) is 0.661. The summed E-state index contributed by atoms with van der Waals surface area (Å²) >= 11 is 1.60. The lowest BCUT2D eigenvalue weighted by molar-refractivity contribution is -0.144. The number of nitrogens with zero attached hydrogens (tertiary/aromatic N) is 5. The van der Waals surface area contributed by atoms with E-state index in [2.05, 4.69) is 20.4 Å². The number of carbonyl (C=O) groups is 1. The summed E-state index contributed by atoms with van der Waals surface area (Å²) < 4.78 is 39.8. The van der Waals surface area contributed by atoms with Crippen molar-refractivity contribution >= 4 is 23.0 Å². The summed E-state index contributed by atoms with van der Waals surface area (Å²) in [7, 11) is 0. The molecule has 0 bridgehead atoms. The lowest BCUT2D eigenvalue weighted by atomic mass is 10.1. The van der Waals surface area contributed by atoms with Crippen LogP contribution in [0.5, 0.6) is 0 Å². The zero-order chi connectivity index (χ0) is 20.1. The predicted molar refractivity (Wildman–Crippen MR) is 97.0 cm³/mol. The van der Waals surface area contributed by atoms with Gasteiger partial charge >= 0.3 is 6.18 Å². The maximum absolute atomic E-state index is 13.0. The summed E-state index contributed by atoms with van der Waals surface area (Å²) in [6.45, 7) is 3.99. The lowest BCUT2D eigenvalue weighted by Crippen LogP contribution is -2.32. The Bertz CT molecular complexity index is 1030. The molecule has 1 saturated heterocycles. The smallest absolute Gasteiger partial charge is 0.335 e. The predicted octanol–water partition coefficient (Wildman–Crippen LogP) is 3.73. The van der Waals surface area contributed by atoms with Crippen molar-refractivity contribution in [1.29, 1.82) is 0 Å². The highest BCUT2D eigenvalue weighted by molar-refractivity contribution is 7.08. The Morgan fingerprint density at radius 3 is 2.79 bits per heavy atom. The molecule has 0 radical (unpaired) electrons. The van der Waals surface area contributed by atoms with Crippen molar-refractivity contribution in [1.82, 2.24) is 24.5 Å². The van der Waals surface area contributed by atoms with E-state index in [1.807, 2.05) is 16.3 Å². The number of rotatable bonds is 3. The maximum atomic E-state index is 13.0. The minimum atomic E-state index is -4.65. The number of halogens is 3. The van der Waals surface area contributed by atoms with E-state index in [9.17, 15) is 18.0 Å². The minimum Gasteiger partial charge on any atom is -0.335 e. The van der Waals surface area contributed by atoms with Gasteiger partial charge in [0, 0.05) is 23.5 Å². The molecule has 28 heavy (non-hydrogen) atoms. The van der Waals surface area contributed by atoms with Gasteiger partial charge in [-0.3, -0.25) is 4.79 Å². The highest BCUT2D eigenvalue weighted by Crippen LogP contribution is 2.34. The second kappa shape index (κ2) is 6.84. The molecule has 1 amide bonds. The molecular weight excluding hydrogens is 391 g/mol. The highest BCUT2D eigenvalue weighted by Gasteiger charge is 2.37. The summed E-state index contributed by atoms with van der Waals surface area (Å²) in [5.74, 6) is -1.41. The van der Waals surface area contributed by atoms with E-state index >= 15 is 0 Å². The van der Waals surface area contributed by atoms with Gasteiger partial charge in [0.25, 0.3) is 11.6 Å². The fourth-order valence-electron chi connectivity index (χ4n) is 3.71. The van der Waals surface area contributed by atoms with Gasteiger partial charge in [-0.25, -0.2) is 9.50 Å². The molecule has 4 rings (SSSR count). The number of aryl methyl sites for hydroxylation is 2. The zero-order valence-corrected chi connectivity index (χ0v) is 16.1. The molecule has 1 atom stereocenters. The molecule has 6 nitrogen and oxygen atoms in total. The fraction of sp³-hybridized carbons (Fsp3) is 0.444. The van der Waals surface area contributed by atoms with Crippen molar-refractivity contribution in [3.8, 4) is 0 Å². The third-order valence-corrected chi connectivity index (χ3v) is 5.83. The van der Waals surface area contributed by atoms with E-state index in [-0.39, 0.29) is 24.1 Å². The Morgan fingerprint density at radius 1 is 1.32 bits per heavy atom. The number of aromatic nitrogens is 4. The van der Waals surface area contributed by atoms with Crippen LogP contribution in [-0.4, -0.2) is 36.9 Å². The standard InChI is InChI=1S/C18H18F3N5OS/c1-10-13(11(2)26-17(22-10)23-16(24-26)18(19,20)21)8-15(27)25-6-3-4-14(25)12-5-7-28-9-12/h5,7,9,14H,3-4,6,8H2,1-2H3. The fourth-order valence-corrected chi connectivity index (χ4v) is 4.42. The SMILES string of the molecule is Cc1nc2nc(C(F)(F)F)nn2c(C)c1CC(=O)N1CCCC1c1ccsc1. The molecule has 10 heteroatoms. The number of amides is 1. The van der Waals surface area contributed by atoms with Crippen LogP contribution < -0.4 is 0 Å². The van der Waals surface area contributed by atoms with Crippen LogP contribution in [-0.2, 0) is 17.4 Å². The monoisotopic (exact) mass is 409 g/mol. The van der Waals surface area contributed by atoms with E-state index in [1.165, 1.54) is 0 Å². The number of alkyl halides is 3. The topological polar surface area (TPSA) is 63.4 Å². The van der Waals surface area contributed by atoms with Crippen LogP contribution in [0.1, 0.15) is 47.2 Å². The first-order valence-corrected chi connectivity index (χ1v) is 9.81. The molecule has 0 aromatic carbocycles. The van der Waals surface area contributed by atoms with Crippen LogP contribution in [0.25, 0.3) is 5.78 Å². The molecule has 1 aliphatic rings. The van der Waals surface area contributed by atoms with Crippen LogP contribution in [0.2, 0.25) is 0 Å². The van der Waals surface area contributed by atoms with Crippen LogP contribution >= 0.6 is 11.3 Å². The van der Waals surface area contributed by atoms with Gasteiger partial charge in [-0.2, -0.15) is 29.5 Å². The molecular formula is C18H18F3N5OS. The van der Waals surface area contributed by atoms with E-state index in [0.29, 0.717) is 23.5 Å². The molecule has 3 aromatic rings. The zero-order valence-electron chi connectivity index (χ0n) is 15.3. The van der Waals surface area contributed by atoms with Crippen LogP contribution in [0.3, 0.4) is 0 Å². The van der Waals surface area contributed by atoms with Crippen molar-refractivity contribution in [2.45, 2.75) is 45.3 Å². The second-order valence-corrected chi connectivity index (χ2v) is 7.66. The van der Waals surface area contributed by atoms with E-state index < -0.39 is 12.0 Å². The molecule has 0 spiro atoms. The van der Waals surface area contributed by atoms with Crippen molar-refractivity contribution < 1.29 is 18.0 Å². The van der Waals surface area contributed by atoms with E-state index in [4.69, 9.17) is 0 Å². The summed E-state index contributed by atoms with van der Waals surface area (Å²) in [6.07, 6.45) is -2.73. The Morgan fingerprint density at radius 2 is 2.11 bits per heavy atom. The number of thiophene rings is 1. The second-order valence-electron chi connectivity index (χ2n) is 6.88. The van der Waals surface area contributed by atoms with Gasteiger partial charge in [-0.15, -0.1) is 5.10 Å². The summed E-state index contributed by atoms with van der Waals surface area (Å²) in [6, 6.07) is 2.08. The molecule has 1 fully saturated rings. The van der Waals surface area contributed by atoms with Gasteiger partial charge in [-0.1, -0.05) is 0 Å². The third kappa shape index (κ3) is 3.25. The van der Waals surface area contributed by atoms with Gasteiger partial charge in [0.05, 0.1) is 12.5 Å². The van der Waals surface area contributed by atoms with Gasteiger partial charge in [0.2, 0.25) is 5.91 Å². The highest BCUT2D eigenvalue weighted by atomic mass is 32.1. The number of fused-ring (bicyclic) bond motifs is 1. The van der Waals surface area contributed by atoms with Crippen molar-refractivity contribution in [3.63, 3.8) is 0 Å². The van der Waals surface area contributed by atoms with Crippen molar-refractivity contribution in [3.05, 3.63) is 45.2 Å². The molecule has 0 aliphatic carbocycles. The molecule has 3 aromatic heterocycles. The van der Waals surface area contributed by atoms with Gasteiger partial charge in [0.15, 0.2) is 0 Å². The van der Waals surface area contributed by atoms with Crippen LogP contribution in [0.15, 0.2) is 16.8 Å². The largest absolute Gasteiger partial charge is 0.453 e. The summed E-state index contributed by atoms with van der Waals surface area (Å²) in [5.41, 5.74) is 2.66. The average Bonchev–Trinajstić information content (AvgIpc) is 3.36. The molecule has 1 aliphatic heterocycles. The number of hydrogen-bond donors (Lipinski definition) is 0. The number of hydrogen-bond acceptors (Lipinski definition) is 5. The normalized spacial score (nSPS) is 17.6. The maximum Gasteiger partial charge on any atom is 0.453 e. The number of carbonyl (C=O) groups excluding carboxylic acids is 1. The molecule has 1 unspecified atom stereocenters. The Balaban J connectivity index is 1.65.